The van der Waals surface area contributed by atoms with E-state index in [1.807, 2.05) is 0 Å². The number of hydrogen-bond donors (Lipinski definition) is 1. The predicted molar refractivity (Wildman–Crippen MR) is 91.0 cm³/mol. The largest absolute Gasteiger partial charge is 0.396 e. The molecule has 0 aliphatic carbocycles. The summed E-state index contributed by atoms with van der Waals surface area (Å²) in [6, 6.07) is 11.6. The van der Waals surface area contributed by atoms with Crippen molar-refractivity contribution < 1.29 is 5.11 Å². The Labute approximate surface area is 134 Å². The molecule has 1 aromatic rings. The first-order valence-electron chi connectivity index (χ1n) is 8.96. The van der Waals surface area contributed by atoms with Crippen molar-refractivity contribution in [1.82, 2.24) is 9.80 Å². The van der Waals surface area contributed by atoms with E-state index in [-0.39, 0.29) is 0 Å². The average molecular weight is 302 g/mol. The van der Waals surface area contributed by atoms with Gasteiger partial charge in [-0.25, -0.2) is 0 Å². The normalized spacial score (nSPS) is 25.4. The Bertz CT molecular complexity index is 428. The van der Waals surface area contributed by atoms with E-state index in [9.17, 15) is 5.11 Å². The third-order valence-electron chi connectivity index (χ3n) is 5.46. The number of rotatable bonds is 5. The number of aliphatic hydroxyl groups is 1. The average Bonchev–Trinajstić information content (AvgIpc) is 2.61. The van der Waals surface area contributed by atoms with E-state index in [1.165, 1.54) is 70.4 Å². The zero-order valence-electron chi connectivity index (χ0n) is 13.7. The third kappa shape index (κ3) is 4.31. The molecule has 0 amide bonds. The minimum atomic E-state index is 0.377. The van der Waals surface area contributed by atoms with Gasteiger partial charge in [-0.1, -0.05) is 30.3 Å². The van der Waals surface area contributed by atoms with Crippen LogP contribution in [0, 0.1) is 5.92 Å². The highest BCUT2D eigenvalue weighted by Crippen LogP contribution is 2.23. The second-order valence-corrected chi connectivity index (χ2v) is 6.99. The van der Waals surface area contributed by atoms with Crippen LogP contribution in [0.1, 0.15) is 31.2 Å². The Morgan fingerprint density at radius 2 is 1.77 bits per heavy atom. The van der Waals surface area contributed by atoms with Gasteiger partial charge < -0.3 is 10.0 Å². The lowest BCUT2D eigenvalue weighted by atomic mass is 9.94. The monoisotopic (exact) mass is 302 g/mol. The van der Waals surface area contributed by atoms with Crippen LogP contribution in [0.5, 0.6) is 0 Å². The third-order valence-corrected chi connectivity index (χ3v) is 5.46. The van der Waals surface area contributed by atoms with E-state index in [0.29, 0.717) is 12.5 Å². The summed E-state index contributed by atoms with van der Waals surface area (Å²) in [5, 5.41) is 9.28. The van der Waals surface area contributed by atoms with Crippen LogP contribution >= 0.6 is 0 Å². The van der Waals surface area contributed by atoms with E-state index in [1.54, 1.807) is 0 Å². The second kappa shape index (κ2) is 8.09. The summed E-state index contributed by atoms with van der Waals surface area (Å²) < 4.78 is 0. The molecule has 22 heavy (non-hydrogen) atoms. The number of nitrogens with zero attached hydrogens (tertiary/aromatic N) is 2. The zero-order chi connectivity index (χ0) is 15.2. The molecule has 1 aromatic carbocycles. The molecule has 3 rings (SSSR count). The Kier molecular flexibility index (Phi) is 5.88. The molecule has 2 aliphatic rings. The topological polar surface area (TPSA) is 26.7 Å². The van der Waals surface area contributed by atoms with Gasteiger partial charge >= 0.3 is 0 Å². The first-order chi connectivity index (χ1) is 10.8. The van der Waals surface area contributed by atoms with Crippen molar-refractivity contribution in [2.45, 2.75) is 38.1 Å². The summed E-state index contributed by atoms with van der Waals surface area (Å²) in [7, 11) is 0. The molecule has 2 aliphatic heterocycles. The number of hydrogen-bond acceptors (Lipinski definition) is 3. The van der Waals surface area contributed by atoms with Crippen molar-refractivity contribution in [2.24, 2.45) is 5.92 Å². The van der Waals surface area contributed by atoms with Gasteiger partial charge in [-0.2, -0.15) is 0 Å². The predicted octanol–water partition coefficient (Wildman–Crippen LogP) is 2.40. The van der Waals surface area contributed by atoms with Gasteiger partial charge in [-0.15, -0.1) is 0 Å². The standard InChI is InChI=1S/C19H30N2O/c22-16-18-9-13-21(14-10-18)19-7-4-11-20(15-19)12-8-17-5-2-1-3-6-17/h1-3,5-6,18-19,22H,4,7-16H2. The minimum absolute atomic E-state index is 0.377. The summed E-state index contributed by atoms with van der Waals surface area (Å²) in [6.07, 6.45) is 6.21. The molecule has 3 nitrogen and oxygen atoms in total. The highest BCUT2D eigenvalue weighted by molar-refractivity contribution is 5.14. The van der Waals surface area contributed by atoms with Gasteiger partial charge in [0, 0.05) is 25.7 Å². The van der Waals surface area contributed by atoms with E-state index in [4.69, 9.17) is 0 Å². The summed E-state index contributed by atoms with van der Waals surface area (Å²) >= 11 is 0. The molecule has 0 spiro atoms. The molecule has 1 atom stereocenters. The second-order valence-electron chi connectivity index (χ2n) is 6.99. The van der Waals surface area contributed by atoms with Crippen LogP contribution in [0.15, 0.2) is 30.3 Å². The number of aliphatic hydroxyl groups excluding tert-OH is 1. The molecule has 0 bridgehead atoms. The Morgan fingerprint density at radius 1 is 1.00 bits per heavy atom. The lowest BCUT2D eigenvalue weighted by molar-refractivity contribution is 0.0571. The van der Waals surface area contributed by atoms with Gasteiger partial charge in [0.25, 0.3) is 0 Å². The van der Waals surface area contributed by atoms with Gasteiger partial charge in [0.2, 0.25) is 0 Å². The summed E-state index contributed by atoms with van der Waals surface area (Å²) in [5.41, 5.74) is 1.45. The first-order valence-corrected chi connectivity index (χ1v) is 8.96. The fourth-order valence-corrected chi connectivity index (χ4v) is 3.96. The maximum Gasteiger partial charge on any atom is 0.0460 e. The Balaban J connectivity index is 1.45. The van der Waals surface area contributed by atoms with Crippen LogP contribution in [0.4, 0.5) is 0 Å². The lowest BCUT2D eigenvalue weighted by Gasteiger charge is -2.42. The van der Waals surface area contributed by atoms with E-state index >= 15 is 0 Å². The summed E-state index contributed by atoms with van der Waals surface area (Å²) in [5.74, 6) is 0.550. The molecular formula is C19H30N2O. The summed E-state index contributed by atoms with van der Waals surface area (Å²) in [6.45, 7) is 6.42. The first kappa shape index (κ1) is 16.0. The maximum atomic E-state index is 9.28. The highest BCUT2D eigenvalue weighted by atomic mass is 16.3. The van der Waals surface area contributed by atoms with Crippen molar-refractivity contribution in [3.8, 4) is 0 Å². The lowest BCUT2D eigenvalue weighted by Crippen LogP contribution is -2.50. The van der Waals surface area contributed by atoms with E-state index in [2.05, 4.69) is 40.1 Å². The molecule has 0 saturated carbocycles. The van der Waals surface area contributed by atoms with Gasteiger partial charge in [-0.3, -0.25) is 4.90 Å². The molecule has 0 aromatic heterocycles. The smallest absolute Gasteiger partial charge is 0.0460 e. The number of piperidine rings is 2. The van der Waals surface area contributed by atoms with E-state index < -0.39 is 0 Å². The van der Waals surface area contributed by atoms with Crippen LogP contribution in [-0.4, -0.2) is 60.3 Å². The molecule has 0 radical (unpaired) electrons. The van der Waals surface area contributed by atoms with Gasteiger partial charge in [0.15, 0.2) is 0 Å². The van der Waals surface area contributed by atoms with Crippen LogP contribution in [0.2, 0.25) is 0 Å². The van der Waals surface area contributed by atoms with Crippen molar-refractivity contribution in [3.63, 3.8) is 0 Å². The molecular weight excluding hydrogens is 272 g/mol. The summed E-state index contributed by atoms with van der Waals surface area (Å²) in [4.78, 5) is 5.33. The SMILES string of the molecule is OCC1CCN(C2CCCN(CCc3ccccc3)C2)CC1. The van der Waals surface area contributed by atoms with Gasteiger partial charge in [0.1, 0.15) is 0 Å². The van der Waals surface area contributed by atoms with Crippen molar-refractivity contribution in [1.29, 1.82) is 0 Å². The highest BCUT2D eigenvalue weighted by Gasteiger charge is 2.28. The quantitative estimate of drug-likeness (QED) is 0.905. The molecule has 1 unspecified atom stereocenters. The zero-order valence-corrected chi connectivity index (χ0v) is 13.7. The number of likely N-dealkylation sites (tertiary alicyclic amines) is 2. The number of benzene rings is 1. The molecule has 3 heteroatoms. The molecule has 2 saturated heterocycles. The van der Waals surface area contributed by atoms with Crippen LogP contribution in [-0.2, 0) is 6.42 Å². The van der Waals surface area contributed by atoms with Gasteiger partial charge in [-0.05, 0) is 63.2 Å². The Hall–Kier alpha value is -0.900. The maximum absolute atomic E-state index is 9.28. The minimum Gasteiger partial charge on any atom is -0.396 e. The van der Waals surface area contributed by atoms with Crippen LogP contribution in [0.3, 0.4) is 0 Å². The van der Waals surface area contributed by atoms with Crippen molar-refractivity contribution >= 4 is 0 Å². The van der Waals surface area contributed by atoms with E-state index in [0.717, 1.165) is 6.04 Å². The van der Waals surface area contributed by atoms with Crippen LogP contribution in [0.25, 0.3) is 0 Å². The molecule has 2 heterocycles. The Morgan fingerprint density at radius 3 is 2.50 bits per heavy atom. The fourth-order valence-electron chi connectivity index (χ4n) is 3.96. The van der Waals surface area contributed by atoms with Gasteiger partial charge in [0.05, 0.1) is 0 Å². The van der Waals surface area contributed by atoms with Crippen molar-refractivity contribution in [3.05, 3.63) is 35.9 Å². The molecule has 122 valence electrons. The van der Waals surface area contributed by atoms with Crippen LogP contribution < -0.4 is 0 Å². The van der Waals surface area contributed by atoms with Crippen molar-refractivity contribution in [2.75, 3.05) is 39.3 Å². The molecule has 1 N–H and O–H groups in total. The molecule has 2 fully saturated rings. The fraction of sp³-hybridized carbons (Fsp3) is 0.684.